The van der Waals surface area contributed by atoms with Gasteiger partial charge in [-0.3, -0.25) is 14.6 Å². The highest BCUT2D eigenvalue weighted by molar-refractivity contribution is 5.77. The molecule has 1 aliphatic heterocycles. The molecule has 2 rings (SSSR count). The van der Waals surface area contributed by atoms with Gasteiger partial charge in [0.05, 0.1) is 20.3 Å². The molecule has 0 atom stereocenters. The zero-order valence-electron chi connectivity index (χ0n) is 14.4. The molecule has 0 radical (unpaired) electrons. The number of nitrogens with zero attached hydrogens (tertiary/aromatic N) is 2. The lowest BCUT2D eigenvalue weighted by molar-refractivity contribution is -0.122. The Bertz CT molecular complexity index is 534. The van der Waals surface area contributed by atoms with Crippen LogP contribution in [0.5, 0.6) is 5.75 Å². The van der Waals surface area contributed by atoms with Crippen LogP contribution in [0, 0.1) is 5.82 Å². The number of benzene rings is 1. The largest absolute Gasteiger partial charge is 0.494 e. The third-order valence-corrected chi connectivity index (χ3v) is 4.08. The maximum atomic E-state index is 13.7. The number of piperazine rings is 1. The van der Waals surface area contributed by atoms with Crippen molar-refractivity contribution in [3.8, 4) is 5.75 Å². The second kappa shape index (κ2) is 9.56. The van der Waals surface area contributed by atoms with Crippen molar-refractivity contribution in [1.29, 1.82) is 0 Å². The molecule has 6 nitrogen and oxygen atoms in total. The average molecular weight is 339 g/mol. The van der Waals surface area contributed by atoms with Crippen LogP contribution in [-0.4, -0.2) is 75.8 Å². The molecule has 1 amide bonds. The smallest absolute Gasteiger partial charge is 0.234 e. The molecular formula is C17H26FN3O3. The minimum absolute atomic E-state index is 0.0257. The van der Waals surface area contributed by atoms with E-state index in [1.165, 1.54) is 13.2 Å². The monoisotopic (exact) mass is 339 g/mol. The first-order chi connectivity index (χ1) is 11.6. The van der Waals surface area contributed by atoms with E-state index in [9.17, 15) is 9.18 Å². The lowest BCUT2D eigenvalue weighted by Gasteiger charge is -2.34. The summed E-state index contributed by atoms with van der Waals surface area (Å²) in [5, 5.41) is 2.83. The summed E-state index contributed by atoms with van der Waals surface area (Å²) in [5.74, 6) is -0.0397. The minimum atomic E-state index is -0.332. The highest BCUT2D eigenvalue weighted by Gasteiger charge is 2.19. The van der Waals surface area contributed by atoms with Gasteiger partial charge in [-0.05, 0) is 17.7 Å². The summed E-state index contributed by atoms with van der Waals surface area (Å²) in [6.07, 6.45) is 0. The lowest BCUT2D eigenvalue weighted by atomic mass is 10.2. The highest BCUT2D eigenvalue weighted by atomic mass is 19.1. The van der Waals surface area contributed by atoms with E-state index >= 15 is 0 Å². The number of carbonyl (C=O) groups is 1. The molecule has 1 aliphatic rings. The number of carbonyl (C=O) groups excluding carboxylic acids is 1. The Kier molecular flexibility index (Phi) is 7.42. The van der Waals surface area contributed by atoms with Crippen LogP contribution in [0.25, 0.3) is 0 Å². The number of hydrogen-bond donors (Lipinski definition) is 1. The van der Waals surface area contributed by atoms with Crippen molar-refractivity contribution in [3.63, 3.8) is 0 Å². The van der Waals surface area contributed by atoms with Crippen molar-refractivity contribution in [2.45, 2.75) is 6.54 Å². The van der Waals surface area contributed by atoms with Crippen LogP contribution < -0.4 is 10.1 Å². The molecule has 7 heteroatoms. The Labute approximate surface area is 142 Å². The molecule has 1 heterocycles. The van der Waals surface area contributed by atoms with Gasteiger partial charge >= 0.3 is 0 Å². The van der Waals surface area contributed by atoms with Crippen LogP contribution in [0.4, 0.5) is 4.39 Å². The maximum absolute atomic E-state index is 13.7. The number of methoxy groups -OCH3 is 2. The Hall–Kier alpha value is -1.70. The van der Waals surface area contributed by atoms with Gasteiger partial charge in [-0.1, -0.05) is 6.07 Å². The van der Waals surface area contributed by atoms with Crippen LogP contribution in [0.2, 0.25) is 0 Å². The molecule has 1 fully saturated rings. The predicted molar refractivity (Wildman–Crippen MR) is 89.6 cm³/mol. The Balaban J connectivity index is 1.72. The van der Waals surface area contributed by atoms with Gasteiger partial charge in [-0.2, -0.15) is 0 Å². The Morgan fingerprint density at radius 3 is 2.54 bits per heavy atom. The molecule has 0 spiro atoms. The van der Waals surface area contributed by atoms with E-state index in [4.69, 9.17) is 9.47 Å². The third kappa shape index (κ3) is 5.74. The van der Waals surface area contributed by atoms with Gasteiger partial charge in [0, 0.05) is 46.4 Å². The van der Waals surface area contributed by atoms with Crippen LogP contribution >= 0.6 is 0 Å². The zero-order chi connectivity index (χ0) is 17.4. The Morgan fingerprint density at radius 2 is 1.92 bits per heavy atom. The fourth-order valence-electron chi connectivity index (χ4n) is 2.72. The second-order valence-electron chi connectivity index (χ2n) is 5.86. The van der Waals surface area contributed by atoms with Gasteiger partial charge in [0.25, 0.3) is 0 Å². The van der Waals surface area contributed by atoms with E-state index in [-0.39, 0.29) is 17.5 Å². The molecule has 1 N–H and O–H groups in total. The van der Waals surface area contributed by atoms with E-state index in [2.05, 4.69) is 15.1 Å². The second-order valence-corrected chi connectivity index (χ2v) is 5.86. The number of amides is 1. The topological polar surface area (TPSA) is 54.0 Å². The van der Waals surface area contributed by atoms with Gasteiger partial charge in [-0.25, -0.2) is 4.39 Å². The molecule has 24 heavy (non-hydrogen) atoms. The van der Waals surface area contributed by atoms with E-state index in [1.54, 1.807) is 13.2 Å². The number of nitrogens with one attached hydrogen (secondary N) is 1. The summed E-state index contributed by atoms with van der Waals surface area (Å²) >= 11 is 0. The molecule has 0 saturated carbocycles. The van der Waals surface area contributed by atoms with Gasteiger partial charge in [-0.15, -0.1) is 0 Å². The summed E-state index contributed by atoms with van der Waals surface area (Å²) < 4.78 is 23.6. The van der Waals surface area contributed by atoms with Crippen molar-refractivity contribution >= 4 is 5.91 Å². The fraction of sp³-hybridized carbons (Fsp3) is 0.588. The van der Waals surface area contributed by atoms with Crippen LogP contribution in [-0.2, 0) is 16.1 Å². The number of hydrogen-bond acceptors (Lipinski definition) is 5. The molecule has 1 aromatic rings. The zero-order valence-corrected chi connectivity index (χ0v) is 14.4. The van der Waals surface area contributed by atoms with Crippen molar-refractivity contribution < 1.29 is 18.7 Å². The molecule has 1 saturated heterocycles. The summed E-state index contributed by atoms with van der Waals surface area (Å²) in [6.45, 7) is 5.56. The number of rotatable bonds is 8. The van der Waals surface area contributed by atoms with E-state index in [0.29, 0.717) is 26.2 Å². The first-order valence-corrected chi connectivity index (χ1v) is 8.15. The number of halogens is 1. The third-order valence-electron chi connectivity index (χ3n) is 4.08. The SMILES string of the molecule is COCCNC(=O)CN1CCN(Cc2ccc(OC)c(F)c2)CC1. The summed E-state index contributed by atoms with van der Waals surface area (Å²) in [7, 11) is 3.07. The average Bonchev–Trinajstić information content (AvgIpc) is 2.57. The van der Waals surface area contributed by atoms with Crippen molar-refractivity contribution in [1.82, 2.24) is 15.1 Å². The van der Waals surface area contributed by atoms with Gasteiger partial charge in [0.15, 0.2) is 11.6 Å². The van der Waals surface area contributed by atoms with Crippen molar-refractivity contribution in [2.75, 3.05) is 60.1 Å². The summed E-state index contributed by atoms with van der Waals surface area (Å²) in [4.78, 5) is 16.2. The maximum Gasteiger partial charge on any atom is 0.234 e. The predicted octanol–water partition coefficient (Wildman–Crippen LogP) is 0.715. The molecule has 0 bridgehead atoms. The van der Waals surface area contributed by atoms with Crippen molar-refractivity contribution in [2.24, 2.45) is 0 Å². The molecule has 1 aromatic carbocycles. The first kappa shape index (κ1) is 18.6. The molecule has 0 aromatic heterocycles. The van der Waals surface area contributed by atoms with Gasteiger partial charge in [0.2, 0.25) is 5.91 Å². The van der Waals surface area contributed by atoms with E-state index in [0.717, 1.165) is 31.7 Å². The van der Waals surface area contributed by atoms with Crippen LogP contribution in [0.15, 0.2) is 18.2 Å². The normalized spacial score (nSPS) is 16.1. The lowest BCUT2D eigenvalue weighted by Crippen LogP contribution is -2.49. The summed E-state index contributed by atoms with van der Waals surface area (Å²) in [6, 6.07) is 5.07. The first-order valence-electron chi connectivity index (χ1n) is 8.15. The van der Waals surface area contributed by atoms with Gasteiger partial charge < -0.3 is 14.8 Å². The molecule has 0 aliphatic carbocycles. The van der Waals surface area contributed by atoms with E-state index < -0.39 is 0 Å². The van der Waals surface area contributed by atoms with Crippen LogP contribution in [0.3, 0.4) is 0 Å². The standard InChI is InChI=1S/C17H26FN3O3/c1-23-10-5-19-17(22)13-21-8-6-20(7-9-21)12-14-3-4-16(24-2)15(18)11-14/h3-4,11H,5-10,12-13H2,1-2H3,(H,19,22). The molecule has 134 valence electrons. The van der Waals surface area contributed by atoms with Gasteiger partial charge in [0.1, 0.15) is 0 Å². The summed E-state index contributed by atoms with van der Waals surface area (Å²) in [5.41, 5.74) is 0.930. The number of ether oxygens (including phenoxy) is 2. The van der Waals surface area contributed by atoms with Crippen molar-refractivity contribution in [3.05, 3.63) is 29.6 Å². The quantitative estimate of drug-likeness (QED) is 0.707. The molecular weight excluding hydrogens is 313 g/mol. The minimum Gasteiger partial charge on any atom is -0.494 e. The Morgan fingerprint density at radius 1 is 1.21 bits per heavy atom. The fourth-order valence-corrected chi connectivity index (χ4v) is 2.72. The molecule has 0 unspecified atom stereocenters. The highest BCUT2D eigenvalue weighted by Crippen LogP contribution is 2.19. The van der Waals surface area contributed by atoms with Crippen LogP contribution in [0.1, 0.15) is 5.56 Å². The van der Waals surface area contributed by atoms with E-state index in [1.807, 2.05) is 6.07 Å².